The van der Waals surface area contributed by atoms with Gasteiger partial charge in [-0.05, 0) is 31.6 Å². The minimum atomic E-state index is -0.765. The van der Waals surface area contributed by atoms with Gasteiger partial charge in [0, 0.05) is 18.9 Å². The molecule has 29 heavy (non-hydrogen) atoms. The molecular weight excluding hydrogens is 366 g/mol. The number of aromatic nitrogens is 3. The molecule has 6 rings (SSSR count). The van der Waals surface area contributed by atoms with Crippen molar-refractivity contribution in [2.75, 3.05) is 13.1 Å². The molecule has 5 aliphatic rings. The second-order valence-electron chi connectivity index (χ2n) is 10.1. The zero-order valence-corrected chi connectivity index (χ0v) is 17.5. The van der Waals surface area contributed by atoms with Crippen LogP contribution >= 0.6 is 0 Å². The largest absolute Gasteiger partial charge is 0.383 e. The zero-order chi connectivity index (χ0) is 19.8. The summed E-state index contributed by atoms with van der Waals surface area (Å²) in [5.74, 6) is 0.995. The summed E-state index contributed by atoms with van der Waals surface area (Å²) >= 11 is 0. The van der Waals surface area contributed by atoms with Crippen LogP contribution in [-0.4, -0.2) is 51.2 Å². The highest BCUT2D eigenvalue weighted by molar-refractivity contribution is 5.79. The predicted molar refractivity (Wildman–Crippen MR) is 108 cm³/mol. The molecule has 0 aromatic carbocycles. The Kier molecular flexibility index (Phi) is 5.37. The fourth-order valence-electron chi connectivity index (χ4n) is 6.42. The highest BCUT2D eigenvalue weighted by Crippen LogP contribution is 2.37. The number of aliphatic hydroxyl groups is 1. The summed E-state index contributed by atoms with van der Waals surface area (Å²) in [6, 6.07) is 0.910. The van der Waals surface area contributed by atoms with E-state index in [0.29, 0.717) is 23.9 Å². The van der Waals surface area contributed by atoms with Crippen LogP contribution in [0.5, 0.6) is 0 Å². The van der Waals surface area contributed by atoms with Crippen LogP contribution in [0.3, 0.4) is 0 Å². The average molecular weight is 403 g/mol. The number of hydrogen-bond acceptors (Lipinski definition) is 4. The SMILES string of the molecule is O=C(NC1CCCCC1)[C@H]1C[NH+]2CC[C@@H]1C[C@@H]2Cn1cc(C2(O)CCCC2)nn1. The molecule has 1 amide bonds. The van der Waals surface area contributed by atoms with Gasteiger partial charge in [-0.15, -0.1) is 5.10 Å². The van der Waals surface area contributed by atoms with Crippen molar-refractivity contribution in [3.63, 3.8) is 0 Å². The fourth-order valence-corrected chi connectivity index (χ4v) is 6.42. The Morgan fingerprint density at radius 3 is 2.72 bits per heavy atom. The van der Waals surface area contributed by atoms with Gasteiger partial charge in [-0.2, -0.15) is 0 Å². The van der Waals surface area contributed by atoms with Crippen molar-refractivity contribution < 1.29 is 14.8 Å². The van der Waals surface area contributed by atoms with Crippen molar-refractivity contribution in [2.45, 2.75) is 94.9 Å². The normalized spacial score (nSPS) is 34.4. The smallest absolute Gasteiger partial charge is 0.229 e. The Balaban J connectivity index is 1.18. The second-order valence-corrected chi connectivity index (χ2v) is 10.1. The second kappa shape index (κ2) is 7.99. The van der Waals surface area contributed by atoms with E-state index in [9.17, 15) is 9.90 Å². The van der Waals surface area contributed by atoms with E-state index in [0.717, 1.165) is 76.7 Å². The molecular formula is C22H36N5O2+. The van der Waals surface area contributed by atoms with Gasteiger partial charge in [0.2, 0.25) is 5.91 Å². The maximum Gasteiger partial charge on any atom is 0.229 e. The summed E-state index contributed by atoms with van der Waals surface area (Å²) < 4.78 is 1.93. The number of hydrogen-bond donors (Lipinski definition) is 3. The van der Waals surface area contributed by atoms with Gasteiger partial charge in [0.05, 0.1) is 31.7 Å². The van der Waals surface area contributed by atoms with Crippen LogP contribution in [0.15, 0.2) is 6.20 Å². The lowest BCUT2D eigenvalue weighted by Crippen LogP contribution is -3.20. The molecule has 1 unspecified atom stereocenters. The Morgan fingerprint density at radius 1 is 1.21 bits per heavy atom. The highest BCUT2D eigenvalue weighted by Gasteiger charge is 2.47. The molecule has 3 aliphatic heterocycles. The van der Waals surface area contributed by atoms with Gasteiger partial charge in [-0.25, -0.2) is 4.68 Å². The van der Waals surface area contributed by atoms with Crippen molar-refractivity contribution >= 4 is 5.91 Å². The molecule has 4 heterocycles. The average Bonchev–Trinajstić information content (AvgIpc) is 3.39. The van der Waals surface area contributed by atoms with Gasteiger partial charge < -0.3 is 15.3 Å². The Bertz CT molecular complexity index is 723. The monoisotopic (exact) mass is 402 g/mol. The number of rotatable bonds is 5. The van der Waals surface area contributed by atoms with Gasteiger partial charge in [0.15, 0.2) is 0 Å². The first kappa shape index (κ1) is 19.5. The maximum absolute atomic E-state index is 12.9. The van der Waals surface area contributed by atoms with Crippen LogP contribution in [0.1, 0.15) is 76.3 Å². The molecule has 7 nitrogen and oxygen atoms in total. The number of carbonyl (C=O) groups is 1. The van der Waals surface area contributed by atoms with E-state index < -0.39 is 5.60 Å². The van der Waals surface area contributed by atoms with Crippen LogP contribution in [0, 0.1) is 11.8 Å². The zero-order valence-electron chi connectivity index (χ0n) is 17.5. The summed E-state index contributed by atoms with van der Waals surface area (Å²) in [7, 11) is 0. The van der Waals surface area contributed by atoms with Crippen LogP contribution in [0.4, 0.5) is 0 Å². The molecule has 160 valence electrons. The van der Waals surface area contributed by atoms with Gasteiger partial charge in [0.1, 0.15) is 17.3 Å². The Hall–Kier alpha value is -1.47. The van der Waals surface area contributed by atoms with Crippen molar-refractivity contribution in [1.82, 2.24) is 20.3 Å². The van der Waals surface area contributed by atoms with E-state index in [1.165, 1.54) is 19.3 Å². The van der Waals surface area contributed by atoms with Crippen molar-refractivity contribution in [3.05, 3.63) is 11.9 Å². The number of fused-ring (bicyclic) bond motifs is 3. The molecule has 3 N–H and O–H groups in total. The van der Waals surface area contributed by atoms with E-state index in [2.05, 4.69) is 15.6 Å². The quantitative estimate of drug-likeness (QED) is 0.680. The van der Waals surface area contributed by atoms with Crippen LogP contribution in [-0.2, 0) is 16.9 Å². The first-order valence-corrected chi connectivity index (χ1v) is 11.9. The Morgan fingerprint density at radius 2 is 2.00 bits per heavy atom. The number of piperidine rings is 3. The third-order valence-electron chi connectivity index (χ3n) is 8.19. The molecule has 7 heteroatoms. The minimum Gasteiger partial charge on any atom is -0.383 e. The van der Waals surface area contributed by atoms with E-state index in [-0.39, 0.29) is 5.92 Å². The van der Waals surface area contributed by atoms with Crippen molar-refractivity contribution in [2.24, 2.45) is 11.8 Å². The Labute approximate surface area is 173 Å². The highest BCUT2D eigenvalue weighted by atomic mass is 16.3. The predicted octanol–water partition coefficient (Wildman–Crippen LogP) is 0.782. The van der Waals surface area contributed by atoms with Gasteiger partial charge in [0.25, 0.3) is 0 Å². The van der Waals surface area contributed by atoms with E-state index in [1.54, 1.807) is 4.90 Å². The molecule has 0 spiro atoms. The molecule has 0 radical (unpaired) electrons. The summed E-state index contributed by atoms with van der Waals surface area (Å²) in [6.07, 6.45) is 14.1. The number of nitrogens with one attached hydrogen (secondary N) is 2. The molecule has 4 atom stereocenters. The molecule has 3 saturated heterocycles. The van der Waals surface area contributed by atoms with Gasteiger partial charge in [-0.1, -0.05) is 37.3 Å². The van der Waals surface area contributed by atoms with E-state index >= 15 is 0 Å². The molecule has 1 aromatic heterocycles. The molecule has 2 aliphatic carbocycles. The minimum absolute atomic E-state index is 0.183. The third kappa shape index (κ3) is 3.96. The van der Waals surface area contributed by atoms with Gasteiger partial charge in [-0.3, -0.25) is 4.79 Å². The first-order chi connectivity index (χ1) is 14.1. The van der Waals surface area contributed by atoms with Crippen molar-refractivity contribution in [1.29, 1.82) is 0 Å². The number of quaternary nitrogens is 1. The lowest BCUT2D eigenvalue weighted by molar-refractivity contribution is -0.945. The first-order valence-electron chi connectivity index (χ1n) is 11.9. The summed E-state index contributed by atoms with van der Waals surface area (Å²) in [6.45, 7) is 2.96. The van der Waals surface area contributed by atoms with Crippen LogP contribution in [0.25, 0.3) is 0 Å². The summed E-state index contributed by atoms with van der Waals surface area (Å²) in [5.41, 5.74) is -0.0232. The molecule has 1 aromatic rings. The van der Waals surface area contributed by atoms with Crippen LogP contribution < -0.4 is 10.2 Å². The van der Waals surface area contributed by atoms with E-state index in [4.69, 9.17) is 0 Å². The van der Waals surface area contributed by atoms with Crippen molar-refractivity contribution in [3.8, 4) is 0 Å². The molecule has 2 bridgehead atoms. The van der Waals surface area contributed by atoms with E-state index in [1.807, 2.05) is 10.9 Å². The maximum atomic E-state index is 12.9. The summed E-state index contributed by atoms with van der Waals surface area (Å²) in [4.78, 5) is 14.5. The molecule has 5 fully saturated rings. The summed E-state index contributed by atoms with van der Waals surface area (Å²) in [5, 5.41) is 22.7. The topological polar surface area (TPSA) is 84.5 Å². The third-order valence-corrected chi connectivity index (χ3v) is 8.19. The fraction of sp³-hybridized carbons (Fsp3) is 0.864. The number of nitrogens with zero attached hydrogens (tertiary/aromatic N) is 3. The lowest BCUT2D eigenvalue weighted by Gasteiger charge is -2.46. The van der Waals surface area contributed by atoms with Gasteiger partial charge >= 0.3 is 0 Å². The number of amides is 1. The lowest BCUT2D eigenvalue weighted by atomic mass is 9.75. The van der Waals surface area contributed by atoms with Crippen LogP contribution in [0.2, 0.25) is 0 Å². The number of carbonyl (C=O) groups excluding carboxylic acids is 1. The molecule has 2 saturated carbocycles. The standard InChI is InChI=1S/C22H35N5O2/c28-21(23-17-6-2-1-3-7-17)19-14-26-11-8-16(19)12-18(26)13-27-15-20(24-25-27)22(29)9-4-5-10-22/h15-19,29H,1-14H2,(H,23,28)/p+1/t16-,18-,19+/m1/s1.